The summed E-state index contributed by atoms with van der Waals surface area (Å²) in [5.41, 5.74) is 2.10. The molecule has 1 aromatic carbocycles. The summed E-state index contributed by atoms with van der Waals surface area (Å²) >= 11 is 0. The Kier molecular flexibility index (Phi) is 2.03. The molecule has 1 N–H and O–H groups in total. The zero-order valence-electron chi connectivity index (χ0n) is 8.36. The van der Waals surface area contributed by atoms with Crippen LogP contribution in [0.2, 0.25) is 0 Å². The third-order valence-corrected chi connectivity index (χ3v) is 2.62. The highest BCUT2D eigenvalue weighted by Gasteiger charge is 2.16. The van der Waals surface area contributed by atoms with Crippen LogP contribution in [0.3, 0.4) is 0 Å². The maximum Gasteiger partial charge on any atom is 0.226 e. The molecule has 2 aromatic rings. The maximum atomic E-state index is 5.74. The zero-order valence-corrected chi connectivity index (χ0v) is 8.36. The lowest BCUT2D eigenvalue weighted by Gasteiger charge is -2.08. The van der Waals surface area contributed by atoms with Gasteiger partial charge in [-0.3, -0.25) is 0 Å². The van der Waals surface area contributed by atoms with E-state index in [-0.39, 0.29) is 0 Å². The Morgan fingerprint density at radius 1 is 1.20 bits per heavy atom. The maximum absolute atomic E-state index is 5.74. The van der Waals surface area contributed by atoms with E-state index in [0.29, 0.717) is 0 Å². The van der Waals surface area contributed by atoms with E-state index in [1.54, 1.807) is 0 Å². The fraction of sp³-hybridized carbons (Fsp3) is 0.250. The monoisotopic (exact) mass is 200 g/mol. The van der Waals surface area contributed by atoms with Crippen LogP contribution in [0.1, 0.15) is 11.5 Å². The highest BCUT2D eigenvalue weighted by molar-refractivity contribution is 5.53. The molecule has 15 heavy (non-hydrogen) atoms. The Morgan fingerprint density at radius 3 is 2.87 bits per heavy atom. The quantitative estimate of drug-likeness (QED) is 0.765. The van der Waals surface area contributed by atoms with Crippen molar-refractivity contribution in [2.45, 2.75) is 13.0 Å². The van der Waals surface area contributed by atoms with Crippen LogP contribution >= 0.6 is 0 Å². The molecular weight excluding hydrogens is 188 g/mol. The number of nitrogens with one attached hydrogen (secondary N) is 1. The number of fused-ring (bicyclic) bond motifs is 1. The van der Waals surface area contributed by atoms with Crippen LogP contribution in [-0.4, -0.2) is 11.5 Å². The Balaban J connectivity index is 2.03. The van der Waals surface area contributed by atoms with E-state index in [9.17, 15) is 0 Å². The van der Waals surface area contributed by atoms with Gasteiger partial charge in [-0.05, 0) is 12.1 Å². The minimum Gasteiger partial charge on any atom is -0.441 e. The number of rotatable bonds is 1. The molecule has 0 aliphatic carbocycles. The molecule has 1 aliphatic heterocycles. The van der Waals surface area contributed by atoms with E-state index in [1.165, 1.54) is 0 Å². The van der Waals surface area contributed by atoms with Crippen LogP contribution in [0.25, 0.3) is 11.5 Å². The third-order valence-electron chi connectivity index (χ3n) is 2.62. The molecule has 3 rings (SSSR count). The lowest BCUT2D eigenvalue weighted by Crippen LogP contribution is -2.22. The van der Waals surface area contributed by atoms with Crippen molar-refractivity contribution in [2.75, 3.05) is 6.54 Å². The van der Waals surface area contributed by atoms with Gasteiger partial charge in [0.05, 0.1) is 5.69 Å². The van der Waals surface area contributed by atoms with Crippen molar-refractivity contribution < 1.29 is 4.42 Å². The number of nitrogens with zero attached hydrogens (tertiary/aromatic N) is 1. The fourth-order valence-corrected chi connectivity index (χ4v) is 1.83. The van der Waals surface area contributed by atoms with Gasteiger partial charge < -0.3 is 9.73 Å². The van der Waals surface area contributed by atoms with Gasteiger partial charge in [0.25, 0.3) is 0 Å². The van der Waals surface area contributed by atoms with Crippen LogP contribution in [0.5, 0.6) is 0 Å². The van der Waals surface area contributed by atoms with Gasteiger partial charge in [-0.1, -0.05) is 18.2 Å². The first kappa shape index (κ1) is 8.68. The average molecular weight is 200 g/mol. The SMILES string of the molecule is c1ccc(-c2nc3c(o2)CCNC3)cc1. The van der Waals surface area contributed by atoms with Crippen molar-refractivity contribution >= 4 is 0 Å². The van der Waals surface area contributed by atoms with Crippen LogP contribution in [0.4, 0.5) is 0 Å². The van der Waals surface area contributed by atoms with Crippen molar-refractivity contribution in [3.63, 3.8) is 0 Å². The molecule has 1 aromatic heterocycles. The molecule has 0 bridgehead atoms. The van der Waals surface area contributed by atoms with Crippen molar-refractivity contribution in [1.29, 1.82) is 0 Å². The molecule has 0 spiro atoms. The van der Waals surface area contributed by atoms with Gasteiger partial charge in [-0.15, -0.1) is 0 Å². The Bertz CT molecular complexity index is 438. The number of hydrogen-bond acceptors (Lipinski definition) is 3. The van der Waals surface area contributed by atoms with Gasteiger partial charge in [0.15, 0.2) is 0 Å². The molecule has 3 heteroatoms. The molecule has 0 saturated carbocycles. The van der Waals surface area contributed by atoms with Crippen molar-refractivity contribution in [3.05, 3.63) is 41.8 Å². The number of oxazole rings is 1. The van der Waals surface area contributed by atoms with Gasteiger partial charge in [0, 0.05) is 25.1 Å². The molecule has 1 aliphatic rings. The van der Waals surface area contributed by atoms with Gasteiger partial charge in [0.2, 0.25) is 5.89 Å². The predicted octanol–water partition coefficient (Wildman–Crippen LogP) is 1.99. The second-order valence-electron chi connectivity index (χ2n) is 3.68. The molecule has 0 fully saturated rings. The first-order chi connectivity index (χ1) is 7.43. The summed E-state index contributed by atoms with van der Waals surface area (Å²) in [6, 6.07) is 10.0. The first-order valence-corrected chi connectivity index (χ1v) is 5.18. The standard InChI is InChI=1S/C12H12N2O/c1-2-4-9(5-3-1)12-14-10-8-13-7-6-11(10)15-12/h1-5,13H,6-8H2. The summed E-state index contributed by atoms with van der Waals surface area (Å²) in [4.78, 5) is 4.49. The van der Waals surface area contributed by atoms with E-state index in [4.69, 9.17) is 4.42 Å². The lowest BCUT2D eigenvalue weighted by molar-refractivity contribution is 0.483. The topological polar surface area (TPSA) is 38.1 Å². The van der Waals surface area contributed by atoms with Crippen molar-refractivity contribution in [3.8, 4) is 11.5 Å². The molecule has 0 atom stereocenters. The largest absolute Gasteiger partial charge is 0.441 e. The van der Waals surface area contributed by atoms with E-state index < -0.39 is 0 Å². The van der Waals surface area contributed by atoms with Gasteiger partial charge in [-0.25, -0.2) is 4.98 Å². The molecule has 3 nitrogen and oxygen atoms in total. The summed E-state index contributed by atoms with van der Waals surface area (Å²) in [6.45, 7) is 1.81. The van der Waals surface area contributed by atoms with Crippen LogP contribution in [0, 0.1) is 0 Å². The smallest absolute Gasteiger partial charge is 0.226 e. The van der Waals surface area contributed by atoms with E-state index >= 15 is 0 Å². The van der Waals surface area contributed by atoms with Crippen LogP contribution in [0.15, 0.2) is 34.7 Å². The molecule has 0 amide bonds. The summed E-state index contributed by atoms with van der Waals surface area (Å²) in [6.07, 6.45) is 0.940. The second-order valence-corrected chi connectivity index (χ2v) is 3.68. The fourth-order valence-electron chi connectivity index (χ4n) is 1.83. The Hall–Kier alpha value is -1.61. The molecule has 2 heterocycles. The first-order valence-electron chi connectivity index (χ1n) is 5.18. The number of hydrogen-bond donors (Lipinski definition) is 1. The number of aromatic nitrogens is 1. The van der Waals surface area contributed by atoms with Gasteiger partial charge >= 0.3 is 0 Å². The summed E-state index contributed by atoms with van der Waals surface area (Å²) in [5.74, 6) is 1.77. The zero-order chi connectivity index (χ0) is 10.1. The summed E-state index contributed by atoms with van der Waals surface area (Å²) in [7, 11) is 0. The minimum atomic E-state index is 0.740. The minimum absolute atomic E-state index is 0.740. The van der Waals surface area contributed by atoms with Gasteiger partial charge in [0.1, 0.15) is 5.76 Å². The summed E-state index contributed by atoms with van der Waals surface area (Å²) in [5, 5.41) is 3.28. The third kappa shape index (κ3) is 1.55. The lowest BCUT2D eigenvalue weighted by atomic mass is 10.2. The van der Waals surface area contributed by atoms with E-state index in [1.807, 2.05) is 30.3 Å². The molecule has 0 radical (unpaired) electrons. The normalized spacial score (nSPS) is 14.9. The predicted molar refractivity (Wildman–Crippen MR) is 57.3 cm³/mol. The molecule has 0 unspecified atom stereocenters. The highest BCUT2D eigenvalue weighted by atomic mass is 16.4. The van der Waals surface area contributed by atoms with Crippen molar-refractivity contribution in [1.82, 2.24) is 10.3 Å². The molecule has 76 valence electrons. The van der Waals surface area contributed by atoms with Crippen LogP contribution in [-0.2, 0) is 13.0 Å². The molecular formula is C12H12N2O. The Labute approximate surface area is 88.1 Å². The average Bonchev–Trinajstić information content (AvgIpc) is 2.74. The summed E-state index contributed by atoms with van der Waals surface area (Å²) < 4.78 is 5.74. The van der Waals surface area contributed by atoms with Crippen molar-refractivity contribution in [2.24, 2.45) is 0 Å². The number of benzene rings is 1. The van der Waals surface area contributed by atoms with E-state index in [0.717, 1.165) is 42.4 Å². The highest BCUT2D eigenvalue weighted by Crippen LogP contribution is 2.23. The second kappa shape index (κ2) is 3.51. The van der Waals surface area contributed by atoms with Gasteiger partial charge in [-0.2, -0.15) is 0 Å². The Morgan fingerprint density at radius 2 is 2.07 bits per heavy atom. The van der Waals surface area contributed by atoms with E-state index in [2.05, 4.69) is 10.3 Å². The van der Waals surface area contributed by atoms with Crippen LogP contribution < -0.4 is 5.32 Å². The molecule has 0 saturated heterocycles.